The summed E-state index contributed by atoms with van der Waals surface area (Å²) >= 11 is 0. The number of hydrogen-bond donors (Lipinski definition) is 2. The molecule has 1 amide bonds. The Kier molecular flexibility index (Phi) is 4.83. The lowest BCUT2D eigenvalue weighted by Crippen LogP contribution is -2.21. The second kappa shape index (κ2) is 6.80. The zero-order chi connectivity index (χ0) is 15.2. The predicted octanol–water partition coefficient (Wildman–Crippen LogP) is 0.999. The molecular weight excluding hydrogens is 272 g/mol. The van der Waals surface area contributed by atoms with E-state index in [1.165, 1.54) is 12.4 Å². The maximum absolute atomic E-state index is 11.9. The highest BCUT2D eigenvalue weighted by Crippen LogP contribution is 2.09. The zero-order valence-corrected chi connectivity index (χ0v) is 12.3. The molecular formula is C13H18N6O2. The molecule has 112 valence electrons. The van der Waals surface area contributed by atoms with Crippen molar-refractivity contribution in [2.75, 3.05) is 37.8 Å². The molecule has 2 aromatic heterocycles. The molecule has 8 nitrogen and oxygen atoms in total. The number of carbonyl (C=O) groups excluding carboxylic acids is 1. The molecule has 21 heavy (non-hydrogen) atoms. The van der Waals surface area contributed by atoms with Crippen LogP contribution in [-0.2, 0) is 0 Å². The van der Waals surface area contributed by atoms with E-state index in [1.54, 1.807) is 13.0 Å². The number of hydrogen-bond acceptors (Lipinski definition) is 7. The van der Waals surface area contributed by atoms with Gasteiger partial charge in [0.2, 0.25) is 5.95 Å². The lowest BCUT2D eigenvalue weighted by molar-refractivity contribution is 0.102. The van der Waals surface area contributed by atoms with Crippen LogP contribution in [0.25, 0.3) is 0 Å². The van der Waals surface area contributed by atoms with Crippen molar-refractivity contribution in [3.63, 3.8) is 0 Å². The molecule has 0 unspecified atom stereocenters. The third-order valence-corrected chi connectivity index (χ3v) is 2.63. The van der Waals surface area contributed by atoms with Gasteiger partial charge in [0.1, 0.15) is 5.76 Å². The van der Waals surface area contributed by atoms with Gasteiger partial charge in [0.05, 0.1) is 5.56 Å². The minimum atomic E-state index is -0.330. The van der Waals surface area contributed by atoms with Gasteiger partial charge in [0.15, 0.2) is 5.82 Å². The highest BCUT2D eigenvalue weighted by molar-refractivity contribution is 6.03. The number of carbonyl (C=O) groups is 1. The van der Waals surface area contributed by atoms with E-state index in [2.05, 4.69) is 30.7 Å². The molecule has 0 aromatic carbocycles. The summed E-state index contributed by atoms with van der Waals surface area (Å²) in [4.78, 5) is 22.2. The van der Waals surface area contributed by atoms with Crippen LogP contribution in [0.5, 0.6) is 0 Å². The normalized spacial score (nSPS) is 10.7. The minimum Gasteiger partial charge on any atom is -0.360 e. The van der Waals surface area contributed by atoms with Crippen LogP contribution in [0.3, 0.4) is 0 Å². The van der Waals surface area contributed by atoms with Gasteiger partial charge in [0, 0.05) is 31.5 Å². The van der Waals surface area contributed by atoms with Crippen LogP contribution in [0.15, 0.2) is 23.0 Å². The lowest BCUT2D eigenvalue weighted by atomic mass is 10.3. The Morgan fingerprint density at radius 3 is 2.62 bits per heavy atom. The van der Waals surface area contributed by atoms with Crippen molar-refractivity contribution in [3.05, 3.63) is 29.8 Å². The Bertz CT molecular complexity index is 593. The van der Waals surface area contributed by atoms with Crippen LogP contribution in [0.2, 0.25) is 0 Å². The van der Waals surface area contributed by atoms with Crippen molar-refractivity contribution in [2.24, 2.45) is 0 Å². The summed E-state index contributed by atoms with van der Waals surface area (Å²) in [6.07, 6.45) is 2.93. The zero-order valence-electron chi connectivity index (χ0n) is 12.3. The van der Waals surface area contributed by atoms with Crippen molar-refractivity contribution in [2.45, 2.75) is 6.92 Å². The quantitative estimate of drug-likeness (QED) is 0.819. The first-order chi connectivity index (χ1) is 10.0. The number of aryl methyl sites for hydroxylation is 1. The van der Waals surface area contributed by atoms with Gasteiger partial charge in [-0.1, -0.05) is 5.16 Å². The summed E-state index contributed by atoms with van der Waals surface area (Å²) in [6.45, 7) is 3.35. The van der Waals surface area contributed by atoms with Gasteiger partial charge in [-0.25, -0.2) is 9.97 Å². The van der Waals surface area contributed by atoms with Crippen molar-refractivity contribution in [1.29, 1.82) is 0 Å². The highest BCUT2D eigenvalue weighted by Gasteiger charge is 2.10. The molecule has 2 heterocycles. The molecule has 0 radical (unpaired) electrons. The van der Waals surface area contributed by atoms with Crippen LogP contribution in [-0.4, -0.2) is 53.1 Å². The molecule has 0 aliphatic rings. The van der Waals surface area contributed by atoms with E-state index in [0.717, 1.165) is 13.1 Å². The molecule has 8 heteroatoms. The number of anilines is 2. The molecule has 0 fully saturated rings. The molecule has 2 aromatic rings. The monoisotopic (exact) mass is 290 g/mol. The van der Waals surface area contributed by atoms with E-state index in [0.29, 0.717) is 23.1 Å². The van der Waals surface area contributed by atoms with Crippen molar-refractivity contribution >= 4 is 17.7 Å². The molecule has 0 spiro atoms. The average molecular weight is 290 g/mol. The molecule has 0 saturated heterocycles. The number of likely N-dealkylation sites (N-methyl/N-ethyl adjacent to an activating group) is 1. The Hall–Kier alpha value is -2.48. The van der Waals surface area contributed by atoms with E-state index < -0.39 is 0 Å². The summed E-state index contributed by atoms with van der Waals surface area (Å²) in [5, 5.41) is 9.37. The van der Waals surface area contributed by atoms with E-state index >= 15 is 0 Å². The third kappa shape index (κ3) is 4.53. The van der Waals surface area contributed by atoms with Gasteiger partial charge >= 0.3 is 0 Å². The van der Waals surface area contributed by atoms with Gasteiger partial charge in [-0.3, -0.25) is 4.79 Å². The standard InChI is InChI=1S/C13H18N6O2/c1-9-6-11(18-21-9)17-12(20)10-7-15-13(16-8-10)14-4-5-19(2)3/h6-8H,4-5H2,1-3H3,(H,14,15,16)(H,17,18,20). The Labute approximate surface area is 122 Å². The van der Waals surface area contributed by atoms with Crippen molar-refractivity contribution < 1.29 is 9.32 Å². The summed E-state index contributed by atoms with van der Waals surface area (Å²) in [6, 6.07) is 1.63. The number of amides is 1. The smallest absolute Gasteiger partial charge is 0.260 e. The van der Waals surface area contributed by atoms with Crippen LogP contribution in [0.4, 0.5) is 11.8 Å². The SMILES string of the molecule is Cc1cc(NC(=O)c2cnc(NCCN(C)C)nc2)no1. The second-order valence-corrected chi connectivity index (χ2v) is 4.80. The lowest BCUT2D eigenvalue weighted by Gasteiger charge is -2.10. The Balaban J connectivity index is 1.90. The van der Waals surface area contributed by atoms with Crippen LogP contribution in [0.1, 0.15) is 16.1 Å². The predicted molar refractivity (Wildman–Crippen MR) is 78.3 cm³/mol. The number of nitrogens with zero attached hydrogens (tertiary/aromatic N) is 4. The number of aromatic nitrogens is 3. The third-order valence-electron chi connectivity index (χ3n) is 2.63. The average Bonchev–Trinajstić information content (AvgIpc) is 2.84. The van der Waals surface area contributed by atoms with Crippen molar-refractivity contribution in [1.82, 2.24) is 20.0 Å². The number of rotatable bonds is 6. The van der Waals surface area contributed by atoms with E-state index in [1.807, 2.05) is 14.1 Å². The molecule has 0 saturated carbocycles. The highest BCUT2D eigenvalue weighted by atomic mass is 16.5. The topological polar surface area (TPSA) is 96.2 Å². The van der Waals surface area contributed by atoms with E-state index in [4.69, 9.17) is 4.52 Å². The first-order valence-corrected chi connectivity index (χ1v) is 6.50. The maximum atomic E-state index is 11.9. The summed E-state index contributed by atoms with van der Waals surface area (Å²) in [5.74, 6) is 1.15. The van der Waals surface area contributed by atoms with Gasteiger partial charge in [-0.05, 0) is 21.0 Å². The van der Waals surface area contributed by atoms with Crippen LogP contribution >= 0.6 is 0 Å². The molecule has 0 aliphatic heterocycles. The molecule has 2 N–H and O–H groups in total. The van der Waals surface area contributed by atoms with E-state index in [9.17, 15) is 4.79 Å². The summed E-state index contributed by atoms with van der Waals surface area (Å²) in [5.41, 5.74) is 0.355. The van der Waals surface area contributed by atoms with Gasteiger partial charge in [-0.2, -0.15) is 0 Å². The maximum Gasteiger partial charge on any atom is 0.260 e. The molecule has 0 bridgehead atoms. The summed E-state index contributed by atoms with van der Waals surface area (Å²) in [7, 11) is 3.98. The minimum absolute atomic E-state index is 0.330. The summed E-state index contributed by atoms with van der Waals surface area (Å²) < 4.78 is 4.87. The molecule has 0 aliphatic carbocycles. The van der Waals surface area contributed by atoms with E-state index in [-0.39, 0.29) is 5.91 Å². The fraction of sp³-hybridized carbons (Fsp3) is 0.385. The number of nitrogens with one attached hydrogen (secondary N) is 2. The first-order valence-electron chi connectivity index (χ1n) is 6.50. The fourth-order valence-corrected chi connectivity index (χ4v) is 1.54. The molecule has 2 rings (SSSR count). The Morgan fingerprint density at radius 2 is 2.05 bits per heavy atom. The largest absolute Gasteiger partial charge is 0.360 e. The second-order valence-electron chi connectivity index (χ2n) is 4.80. The van der Waals surface area contributed by atoms with Gasteiger partial charge in [-0.15, -0.1) is 0 Å². The van der Waals surface area contributed by atoms with Crippen LogP contribution < -0.4 is 10.6 Å². The van der Waals surface area contributed by atoms with Gasteiger partial charge < -0.3 is 20.1 Å². The fourth-order valence-electron chi connectivity index (χ4n) is 1.54. The van der Waals surface area contributed by atoms with Crippen LogP contribution in [0, 0.1) is 6.92 Å². The van der Waals surface area contributed by atoms with Gasteiger partial charge in [0.25, 0.3) is 5.91 Å². The molecule has 0 atom stereocenters. The first kappa shape index (κ1) is 14.9. The van der Waals surface area contributed by atoms with Crippen molar-refractivity contribution in [3.8, 4) is 0 Å². The Morgan fingerprint density at radius 1 is 1.33 bits per heavy atom.